The number of amides is 2. The maximum Gasteiger partial charge on any atom is 0.326 e. The van der Waals surface area contributed by atoms with E-state index in [0.29, 0.717) is 19.4 Å². The van der Waals surface area contributed by atoms with E-state index < -0.39 is 18.0 Å². The minimum absolute atomic E-state index is 0.0650. The predicted molar refractivity (Wildman–Crippen MR) is 61.8 cm³/mol. The Morgan fingerprint density at radius 1 is 1.53 bits per heavy atom. The van der Waals surface area contributed by atoms with Crippen LogP contribution in [0.4, 0.5) is 4.79 Å². The van der Waals surface area contributed by atoms with Crippen LogP contribution in [0.2, 0.25) is 0 Å². The van der Waals surface area contributed by atoms with E-state index in [-0.39, 0.29) is 6.10 Å². The van der Waals surface area contributed by atoms with Gasteiger partial charge in [-0.3, -0.25) is 0 Å². The highest BCUT2D eigenvalue weighted by molar-refractivity contribution is 5.82. The molecular weight excluding hydrogens is 224 g/mol. The molecule has 1 unspecified atom stereocenters. The molecule has 1 aliphatic rings. The molecule has 6 nitrogen and oxygen atoms in total. The summed E-state index contributed by atoms with van der Waals surface area (Å²) in [4.78, 5) is 22.3. The first-order chi connectivity index (χ1) is 8.13. The van der Waals surface area contributed by atoms with Crippen molar-refractivity contribution in [2.45, 2.75) is 44.8 Å². The number of rotatable bonds is 6. The van der Waals surface area contributed by atoms with Crippen molar-refractivity contribution < 1.29 is 19.4 Å². The van der Waals surface area contributed by atoms with E-state index in [2.05, 4.69) is 10.6 Å². The normalized spacial score (nSPS) is 20.9. The Hall–Kier alpha value is -1.30. The fourth-order valence-corrected chi connectivity index (χ4v) is 1.77. The van der Waals surface area contributed by atoms with Crippen molar-refractivity contribution in [3.05, 3.63) is 0 Å². The van der Waals surface area contributed by atoms with E-state index in [4.69, 9.17) is 9.84 Å². The SMILES string of the molecule is CCC[C@H](NC(=O)NCC1CCCO1)C(=O)O. The minimum Gasteiger partial charge on any atom is -0.480 e. The number of hydrogen-bond donors (Lipinski definition) is 3. The van der Waals surface area contributed by atoms with Crippen LogP contribution in [-0.4, -0.2) is 42.4 Å². The lowest BCUT2D eigenvalue weighted by molar-refractivity contribution is -0.139. The molecule has 0 aromatic heterocycles. The van der Waals surface area contributed by atoms with Crippen molar-refractivity contribution in [3.63, 3.8) is 0 Å². The van der Waals surface area contributed by atoms with Crippen LogP contribution in [0.1, 0.15) is 32.6 Å². The highest BCUT2D eigenvalue weighted by Gasteiger charge is 2.20. The molecular formula is C11H20N2O4. The number of carbonyl (C=O) groups is 2. The van der Waals surface area contributed by atoms with Gasteiger partial charge in [-0.25, -0.2) is 9.59 Å². The zero-order chi connectivity index (χ0) is 12.7. The molecule has 0 aromatic carbocycles. The molecule has 2 atom stereocenters. The molecule has 0 spiro atoms. The van der Waals surface area contributed by atoms with E-state index in [1.807, 2.05) is 6.92 Å². The summed E-state index contributed by atoms with van der Waals surface area (Å²) < 4.78 is 5.34. The fourth-order valence-electron chi connectivity index (χ4n) is 1.77. The van der Waals surface area contributed by atoms with Crippen molar-refractivity contribution in [1.82, 2.24) is 10.6 Å². The van der Waals surface area contributed by atoms with Gasteiger partial charge in [-0.2, -0.15) is 0 Å². The van der Waals surface area contributed by atoms with E-state index in [1.54, 1.807) is 0 Å². The number of ether oxygens (including phenoxy) is 1. The lowest BCUT2D eigenvalue weighted by atomic mass is 10.2. The Labute approximate surface area is 101 Å². The highest BCUT2D eigenvalue weighted by atomic mass is 16.5. The third-order valence-corrected chi connectivity index (χ3v) is 2.70. The summed E-state index contributed by atoms with van der Waals surface area (Å²) in [6.45, 7) is 3.05. The summed E-state index contributed by atoms with van der Waals surface area (Å²) in [7, 11) is 0. The third-order valence-electron chi connectivity index (χ3n) is 2.70. The standard InChI is InChI=1S/C11H20N2O4/c1-2-4-9(10(14)15)13-11(16)12-7-8-5-3-6-17-8/h8-9H,2-7H2,1H3,(H,14,15)(H2,12,13,16)/t8?,9-/m0/s1. The molecule has 0 aliphatic carbocycles. The van der Waals surface area contributed by atoms with Crippen LogP contribution < -0.4 is 10.6 Å². The number of urea groups is 1. The third kappa shape index (κ3) is 5.04. The number of hydrogen-bond acceptors (Lipinski definition) is 3. The first-order valence-electron chi connectivity index (χ1n) is 6.02. The summed E-state index contributed by atoms with van der Waals surface area (Å²) >= 11 is 0. The van der Waals surface area contributed by atoms with Gasteiger partial charge in [0.1, 0.15) is 6.04 Å². The van der Waals surface area contributed by atoms with Crippen LogP contribution in [0.15, 0.2) is 0 Å². The maximum absolute atomic E-state index is 11.4. The molecule has 1 saturated heterocycles. The first kappa shape index (κ1) is 13.8. The Bertz CT molecular complexity index is 264. The van der Waals surface area contributed by atoms with Gasteiger partial charge in [0.2, 0.25) is 0 Å². The molecule has 1 rings (SSSR count). The van der Waals surface area contributed by atoms with Gasteiger partial charge in [-0.1, -0.05) is 13.3 Å². The number of carboxylic acids is 1. The average Bonchev–Trinajstić information content (AvgIpc) is 2.78. The molecule has 0 bridgehead atoms. The van der Waals surface area contributed by atoms with Crippen molar-refractivity contribution in [2.75, 3.05) is 13.2 Å². The van der Waals surface area contributed by atoms with E-state index in [1.165, 1.54) is 0 Å². The van der Waals surface area contributed by atoms with Crippen molar-refractivity contribution >= 4 is 12.0 Å². The largest absolute Gasteiger partial charge is 0.480 e. The summed E-state index contributed by atoms with van der Waals surface area (Å²) in [5.41, 5.74) is 0. The zero-order valence-electron chi connectivity index (χ0n) is 10.1. The smallest absolute Gasteiger partial charge is 0.326 e. The molecule has 1 fully saturated rings. The Balaban J connectivity index is 2.23. The van der Waals surface area contributed by atoms with Crippen molar-refractivity contribution in [3.8, 4) is 0 Å². The van der Waals surface area contributed by atoms with E-state index in [9.17, 15) is 9.59 Å². The molecule has 1 heterocycles. The quantitative estimate of drug-likeness (QED) is 0.642. The molecule has 17 heavy (non-hydrogen) atoms. The summed E-state index contributed by atoms with van der Waals surface area (Å²) in [6.07, 6.45) is 3.17. The highest BCUT2D eigenvalue weighted by Crippen LogP contribution is 2.10. The molecule has 0 aromatic rings. The van der Waals surface area contributed by atoms with Gasteiger partial charge in [0.05, 0.1) is 6.10 Å². The zero-order valence-corrected chi connectivity index (χ0v) is 10.1. The Kier molecular flexibility index (Phi) is 5.76. The van der Waals surface area contributed by atoms with Gasteiger partial charge in [-0.15, -0.1) is 0 Å². The average molecular weight is 244 g/mol. The van der Waals surface area contributed by atoms with Gasteiger partial charge in [0.15, 0.2) is 0 Å². The monoisotopic (exact) mass is 244 g/mol. The summed E-state index contributed by atoms with van der Waals surface area (Å²) in [5, 5.41) is 13.9. The number of carbonyl (C=O) groups excluding carboxylic acids is 1. The molecule has 98 valence electrons. The molecule has 0 saturated carbocycles. The van der Waals surface area contributed by atoms with Gasteiger partial charge < -0.3 is 20.5 Å². The van der Waals surface area contributed by atoms with Crippen LogP contribution in [0.3, 0.4) is 0 Å². The lowest BCUT2D eigenvalue weighted by Crippen LogP contribution is -2.47. The number of aliphatic carboxylic acids is 1. The summed E-state index contributed by atoms with van der Waals surface area (Å²) in [5.74, 6) is -1.00. The lowest BCUT2D eigenvalue weighted by Gasteiger charge is -2.15. The fraction of sp³-hybridized carbons (Fsp3) is 0.818. The molecule has 2 amide bonds. The maximum atomic E-state index is 11.4. The van der Waals surface area contributed by atoms with E-state index >= 15 is 0 Å². The van der Waals surface area contributed by atoms with Gasteiger partial charge in [-0.05, 0) is 19.3 Å². The van der Waals surface area contributed by atoms with Crippen LogP contribution in [0, 0.1) is 0 Å². The topological polar surface area (TPSA) is 87.7 Å². The first-order valence-corrected chi connectivity index (χ1v) is 6.02. The van der Waals surface area contributed by atoms with Crippen LogP contribution in [-0.2, 0) is 9.53 Å². The number of carboxylic acid groups (broad SMARTS) is 1. The van der Waals surface area contributed by atoms with Gasteiger partial charge >= 0.3 is 12.0 Å². The molecule has 0 radical (unpaired) electrons. The van der Waals surface area contributed by atoms with Crippen molar-refractivity contribution in [1.29, 1.82) is 0 Å². The second kappa shape index (κ2) is 7.11. The van der Waals surface area contributed by atoms with Crippen LogP contribution in [0.5, 0.6) is 0 Å². The molecule has 6 heteroatoms. The Morgan fingerprint density at radius 3 is 2.82 bits per heavy atom. The van der Waals surface area contributed by atoms with Crippen LogP contribution in [0.25, 0.3) is 0 Å². The van der Waals surface area contributed by atoms with Gasteiger partial charge in [0, 0.05) is 13.2 Å². The molecule has 1 aliphatic heterocycles. The summed E-state index contributed by atoms with van der Waals surface area (Å²) in [6, 6.07) is -1.26. The molecule has 3 N–H and O–H groups in total. The number of nitrogens with one attached hydrogen (secondary N) is 2. The second-order valence-electron chi connectivity index (χ2n) is 4.17. The Morgan fingerprint density at radius 2 is 2.29 bits per heavy atom. The van der Waals surface area contributed by atoms with Gasteiger partial charge in [0.25, 0.3) is 0 Å². The predicted octanol–water partition coefficient (Wildman–Crippen LogP) is 0.718. The van der Waals surface area contributed by atoms with Crippen LogP contribution >= 0.6 is 0 Å². The second-order valence-corrected chi connectivity index (χ2v) is 4.17. The van der Waals surface area contributed by atoms with E-state index in [0.717, 1.165) is 19.4 Å². The van der Waals surface area contributed by atoms with Crippen molar-refractivity contribution in [2.24, 2.45) is 0 Å². The minimum atomic E-state index is -1.00.